The molecule has 4 nitrogen and oxygen atoms in total. The third-order valence-electron chi connectivity index (χ3n) is 7.91. The molecule has 162 valence electrons. The third kappa shape index (κ3) is 2.11. The molecule has 2 aliphatic carbocycles. The van der Waals surface area contributed by atoms with Gasteiger partial charge < -0.3 is 0 Å². The molecule has 0 spiro atoms. The third-order valence-corrected chi connectivity index (χ3v) is 7.91. The summed E-state index contributed by atoms with van der Waals surface area (Å²) in [6.45, 7) is 0. The molecule has 0 saturated carbocycles. The molecule has 35 heavy (non-hydrogen) atoms. The van der Waals surface area contributed by atoms with Gasteiger partial charge in [0.05, 0.1) is 16.6 Å². The molecule has 2 aliphatic rings. The van der Waals surface area contributed by atoms with Crippen molar-refractivity contribution in [2.24, 2.45) is 0 Å². The highest BCUT2D eigenvalue weighted by Crippen LogP contribution is 2.49. The summed E-state index contributed by atoms with van der Waals surface area (Å²) in [5.41, 5.74) is 16.1. The largest absolute Gasteiger partial charge is 0.275 e. The molecular formula is C31H18N4. The van der Waals surface area contributed by atoms with E-state index in [1.165, 1.54) is 44.5 Å². The molecule has 0 aliphatic heterocycles. The van der Waals surface area contributed by atoms with Gasteiger partial charge >= 0.3 is 0 Å². The van der Waals surface area contributed by atoms with Crippen molar-refractivity contribution in [3.05, 3.63) is 107 Å². The molecule has 0 bridgehead atoms. The summed E-state index contributed by atoms with van der Waals surface area (Å²) < 4.78 is 2.27. The maximum absolute atomic E-state index is 5.14. The van der Waals surface area contributed by atoms with Crippen LogP contribution in [0.1, 0.15) is 22.3 Å². The molecule has 4 aromatic heterocycles. The van der Waals surface area contributed by atoms with Gasteiger partial charge in [0.1, 0.15) is 11.3 Å². The van der Waals surface area contributed by atoms with Gasteiger partial charge in [0.2, 0.25) is 0 Å². The van der Waals surface area contributed by atoms with E-state index < -0.39 is 0 Å². The molecular weight excluding hydrogens is 428 g/mol. The fourth-order valence-corrected chi connectivity index (χ4v) is 6.51. The fraction of sp³-hybridized carbons (Fsp3) is 0.0645. The van der Waals surface area contributed by atoms with E-state index in [1.807, 2.05) is 24.5 Å². The lowest BCUT2D eigenvalue weighted by molar-refractivity contribution is 1.22. The summed E-state index contributed by atoms with van der Waals surface area (Å²) >= 11 is 0. The lowest BCUT2D eigenvalue weighted by Crippen LogP contribution is -1.96. The summed E-state index contributed by atoms with van der Waals surface area (Å²) in [5.74, 6) is 0. The minimum absolute atomic E-state index is 0.907. The van der Waals surface area contributed by atoms with E-state index in [0.29, 0.717) is 0 Å². The number of hydrogen-bond donors (Lipinski definition) is 0. The Balaban J connectivity index is 1.47. The Bertz CT molecular complexity index is 2070. The van der Waals surface area contributed by atoms with Crippen molar-refractivity contribution < 1.29 is 0 Å². The van der Waals surface area contributed by atoms with Crippen LogP contribution in [0.15, 0.2) is 85.2 Å². The van der Waals surface area contributed by atoms with Gasteiger partial charge in [-0.2, -0.15) is 0 Å². The van der Waals surface area contributed by atoms with Crippen LogP contribution in [0.25, 0.3) is 60.9 Å². The van der Waals surface area contributed by atoms with Gasteiger partial charge in [0.15, 0.2) is 0 Å². The molecule has 0 atom stereocenters. The van der Waals surface area contributed by atoms with E-state index in [1.54, 1.807) is 0 Å². The van der Waals surface area contributed by atoms with Crippen molar-refractivity contribution in [2.45, 2.75) is 12.8 Å². The number of rotatable bonds is 0. The number of nitrogens with zero attached hydrogens (tertiary/aromatic N) is 4. The van der Waals surface area contributed by atoms with Crippen LogP contribution in [0.4, 0.5) is 0 Å². The highest BCUT2D eigenvalue weighted by molar-refractivity contribution is 6.13. The number of pyridine rings is 3. The quantitative estimate of drug-likeness (QED) is 0.243. The second-order valence-corrected chi connectivity index (χ2v) is 9.65. The van der Waals surface area contributed by atoms with Crippen molar-refractivity contribution in [3.8, 4) is 22.3 Å². The molecule has 4 heteroatoms. The topological polar surface area (TPSA) is 43.1 Å². The highest BCUT2D eigenvalue weighted by Gasteiger charge is 2.30. The summed E-state index contributed by atoms with van der Waals surface area (Å²) in [6.07, 6.45) is 5.68. The number of imidazole rings is 1. The van der Waals surface area contributed by atoms with E-state index in [0.717, 1.165) is 51.5 Å². The first-order chi connectivity index (χ1) is 17.4. The van der Waals surface area contributed by atoms with Gasteiger partial charge in [-0.15, -0.1) is 0 Å². The summed E-state index contributed by atoms with van der Waals surface area (Å²) in [4.78, 5) is 14.7. The van der Waals surface area contributed by atoms with Crippen LogP contribution in [-0.4, -0.2) is 19.4 Å². The Morgan fingerprint density at radius 3 is 2.34 bits per heavy atom. The Labute approximate surface area is 200 Å². The average molecular weight is 447 g/mol. The summed E-state index contributed by atoms with van der Waals surface area (Å²) in [5, 5.41) is 2.10. The SMILES string of the molecule is c1ccc2c(c1)Cc1ccc3c(c1-2)Cc1ccc2nc4c5cccnc5c5cccnc5n4c2c1-3. The molecule has 4 heterocycles. The van der Waals surface area contributed by atoms with Crippen LogP contribution < -0.4 is 0 Å². The predicted octanol–water partition coefficient (Wildman–Crippen LogP) is 6.73. The van der Waals surface area contributed by atoms with Crippen LogP contribution >= 0.6 is 0 Å². The number of fused-ring (bicyclic) bond motifs is 16. The van der Waals surface area contributed by atoms with Crippen molar-refractivity contribution in [1.82, 2.24) is 19.4 Å². The Morgan fingerprint density at radius 1 is 0.600 bits per heavy atom. The molecule has 0 amide bonds. The Morgan fingerprint density at radius 2 is 1.40 bits per heavy atom. The number of benzene rings is 3. The van der Waals surface area contributed by atoms with Gasteiger partial charge in [-0.1, -0.05) is 42.5 Å². The van der Waals surface area contributed by atoms with Gasteiger partial charge in [-0.05, 0) is 82.1 Å². The molecule has 0 fully saturated rings. The fourth-order valence-electron chi connectivity index (χ4n) is 6.51. The Hall–Kier alpha value is -4.57. The van der Waals surface area contributed by atoms with Gasteiger partial charge in [0.25, 0.3) is 0 Å². The van der Waals surface area contributed by atoms with Crippen LogP contribution in [0, 0.1) is 0 Å². The van der Waals surface area contributed by atoms with E-state index in [4.69, 9.17) is 15.0 Å². The average Bonchev–Trinajstić information content (AvgIpc) is 3.59. The monoisotopic (exact) mass is 446 g/mol. The number of aromatic nitrogens is 4. The van der Waals surface area contributed by atoms with Crippen molar-refractivity contribution in [3.63, 3.8) is 0 Å². The van der Waals surface area contributed by atoms with Crippen molar-refractivity contribution in [2.75, 3.05) is 0 Å². The smallest absolute Gasteiger partial charge is 0.149 e. The molecule has 9 rings (SSSR count). The maximum Gasteiger partial charge on any atom is 0.149 e. The van der Waals surface area contributed by atoms with E-state index in [2.05, 4.69) is 65.1 Å². The van der Waals surface area contributed by atoms with Crippen LogP contribution in [-0.2, 0) is 12.8 Å². The van der Waals surface area contributed by atoms with Crippen LogP contribution in [0.3, 0.4) is 0 Å². The van der Waals surface area contributed by atoms with Gasteiger partial charge in [-0.25, -0.2) is 9.97 Å². The first-order valence-corrected chi connectivity index (χ1v) is 12.1. The lowest BCUT2D eigenvalue weighted by atomic mass is 9.95. The second kappa shape index (κ2) is 6.10. The van der Waals surface area contributed by atoms with E-state index in [-0.39, 0.29) is 0 Å². The molecule has 7 aromatic rings. The zero-order valence-corrected chi connectivity index (χ0v) is 18.8. The zero-order valence-electron chi connectivity index (χ0n) is 18.8. The highest BCUT2D eigenvalue weighted by atomic mass is 15.1. The van der Waals surface area contributed by atoms with Crippen LogP contribution in [0.5, 0.6) is 0 Å². The molecule has 0 saturated heterocycles. The summed E-state index contributed by atoms with van der Waals surface area (Å²) in [6, 6.07) is 26.2. The van der Waals surface area contributed by atoms with Gasteiger partial charge in [-0.3, -0.25) is 9.38 Å². The standard InChI is InChI=1S/C31H18N4/c1-2-6-20-17(5-1)15-18-9-11-21-24(26(18)20)16-19-10-12-25-29(27(19)21)35-30-22(7-4-14-33-30)28-23(31(35)34-25)8-3-13-32-28/h1-14H,15-16H2. The lowest BCUT2D eigenvalue weighted by Gasteiger charge is -2.11. The molecule has 0 N–H and O–H groups in total. The van der Waals surface area contributed by atoms with Crippen molar-refractivity contribution in [1.29, 1.82) is 0 Å². The van der Waals surface area contributed by atoms with E-state index >= 15 is 0 Å². The van der Waals surface area contributed by atoms with Crippen LogP contribution in [0.2, 0.25) is 0 Å². The second-order valence-electron chi connectivity index (χ2n) is 9.65. The molecule has 3 aromatic carbocycles. The summed E-state index contributed by atoms with van der Waals surface area (Å²) in [7, 11) is 0. The molecule has 0 radical (unpaired) electrons. The van der Waals surface area contributed by atoms with Gasteiger partial charge in [0, 0.05) is 28.7 Å². The zero-order chi connectivity index (χ0) is 22.7. The Kier molecular flexibility index (Phi) is 3.11. The maximum atomic E-state index is 5.14. The first kappa shape index (κ1) is 17.8. The van der Waals surface area contributed by atoms with E-state index in [9.17, 15) is 0 Å². The van der Waals surface area contributed by atoms with Crippen molar-refractivity contribution >= 4 is 38.6 Å². The molecule has 0 unspecified atom stereocenters. The number of hydrogen-bond acceptors (Lipinski definition) is 3. The first-order valence-electron chi connectivity index (χ1n) is 12.1. The minimum atomic E-state index is 0.907. The predicted molar refractivity (Wildman–Crippen MR) is 140 cm³/mol. The normalized spacial score (nSPS) is 13.5. The minimum Gasteiger partial charge on any atom is -0.275 e.